The molecule has 29 heavy (non-hydrogen) atoms. The van der Waals surface area contributed by atoms with Gasteiger partial charge in [0.2, 0.25) is 5.91 Å². The molecule has 0 atom stereocenters. The topological polar surface area (TPSA) is 64.0 Å². The first-order valence-electron chi connectivity index (χ1n) is 8.72. The van der Waals surface area contributed by atoms with Crippen LogP contribution in [0.4, 0.5) is 5.69 Å². The minimum absolute atomic E-state index is 0.0938. The summed E-state index contributed by atoms with van der Waals surface area (Å²) >= 11 is 9.70. The van der Waals surface area contributed by atoms with Crippen LogP contribution in [0.2, 0.25) is 0 Å². The van der Waals surface area contributed by atoms with Gasteiger partial charge >= 0.3 is 0 Å². The molecule has 0 spiro atoms. The van der Waals surface area contributed by atoms with Gasteiger partial charge in [0.15, 0.2) is 5.16 Å². The number of carbonyl (C=O) groups excluding carboxylic acids is 1. The van der Waals surface area contributed by atoms with Crippen molar-refractivity contribution in [3.05, 3.63) is 60.1 Å². The van der Waals surface area contributed by atoms with E-state index in [4.69, 9.17) is 0 Å². The van der Waals surface area contributed by atoms with Gasteiger partial charge in [-0.05, 0) is 75.9 Å². The van der Waals surface area contributed by atoms with E-state index in [1.165, 1.54) is 23.1 Å². The van der Waals surface area contributed by atoms with Crippen LogP contribution in [0, 0.1) is 20.8 Å². The van der Waals surface area contributed by atoms with Gasteiger partial charge in [0.05, 0.1) is 16.8 Å². The third kappa shape index (κ3) is 4.68. The average Bonchev–Trinajstić information content (AvgIpc) is 2.93. The number of hydrogen-bond acceptors (Lipinski definition) is 5. The first-order chi connectivity index (χ1) is 13.7. The molecule has 0 aliphatic carbocycles. The van der Waals surface area contributed by atoms with Crippen molar-refractivity contribution in [1.82, 2.24) is 9.55 Å². The maximum Gasteiger partial charge on any atom is 0.263 e. The molecule has 0 radical (unpaired) electrons. The van der Waals surface area contributed by atoms with E-state index >= 15 is 0 Å². The number of thiophene rings is 1. The van der Waals surface area contributed by atoms with Crippen molar-refractivity contribution < 1.29 is 4.79 Å². The number of aryl methyl sites for hydroxylation is 3. The standard InChI is InChI=1S/C20H19Br2N3O2S2/c1-5-6-25-19(27)16-11(3)12(4)29-18(16)24-20(25)28-9-15(26)23-17-13(21)7-10(2)8-14(17)22/h5,7-8H,1,6,9H2,2-4H3,(H,23,26). The van der Waals surface area contributed by atoms with E-state index in [1.54, 1.807) is 10.6 Å². The minimum atomic E-state index is -0.182. The number of fused-ring (bicyclic) bond motifs is 1. The first-order valence-corrected chi connectivity index (χ1v) is 12.1. The van der Waals surface area contributed by atoms with Gasteiger partial charge in [-0.2, -0.15) is 0 Å². The fraction of sp³-hybridized carbons (Fsp3) is 0.250. The van der Waals surface area contributed by atoms with Gasteiger partial charge in [0.25, 0.3) is 5.56 Å². The Hall–Kier alpha value is -1.42. The van der Waals surface area contributed by atoms with Crippen LogP contribution in [0.15, 0.2) is 43.7 Å². The molecule has 3 aromatic rings. The summed E-state index contributed by atoms with van der Waals surface area (Å²) < 4.78 is 3.18. The molecule has 3 rings (SSSR count). The summed E-state index contributed by atoms with van der Waals surface area (Å²) in [7, 11) is 0. The number of aromatic nitrogens is 2. The molecule has 0 saturated heterocycles. The molecule has 1 aromatic carbocycles. The lowest BCUT2D eigenvalue weighted by atomic mass is 10.2. The second-order valence-corrected chi connectivity index (χ2v) is 10.4. The lowest BCUT2D eigenvalue weighted by Gasteiger charge is -2.12. The van der Waals surface area contributed by atoms with Gasteiger partial charge in [-0.1, -0.05) is 17.8 Å². The number of hydrogen-bond donors (Lipinski definition) is 1. The van der Waals surface area contributed by atoms with Crippen molar-refractivity contribution >= 4 is 76.8 Å². The van der Waals surface area contributed by atoms with Crippen LogP contribution in [0.3, 0.4) is 0 Å². The summed E-state index contributed by atoms with van der Waals surface area (Å²) in [6.45, 7) is 9.98. The second kappa shape index (κ2) is 9.16. The van der Waals surface area contributed by atoms with E-state index in [9.17, 15) is 9.59 Å². The Labute approximate surface area is 193 Å². The molecule has 1 amide bonds. The Morgan fingerprint density at radius 1 is 1.31 bits per heavy atom. The average molecular weight is 557 g/mol. The fourth-order valence-corrected chi connectivity index (χ4v) is 6.33. The maximum atomic E-state index is 13.0. The third-order valence-electron chi connectivity index (χ3n) is 4.35. The highest BCUT2D eigenvalue weighted by Gasteiger charge is 2.18. The second-order valence-electron chi connectivity index (χ2n) is 6.50. The van der Waals surface area contributed by atoms with Crippen LogP contribution >= 0.6 is 55.0 Å². The van der Waals surface area contributed by atoms with Crippen molar-refractivity contribution in [2.24, 2.45) is 0 Å². The quantitative estimate of drug-likeness (QED) is 0.236. The Kier molecular flexibility index (Phi) is 7.03. The molecular formula is C20H19Br2N3O2S2. The number of benzene rings is 1. The van der Waals surface area contributed by atoms with Crippen molar-refractivity contribution in [2.75, 3.05) is 11.1 Å². The summed E-state index contributed by atoms with van der Waals surface area (Å²) in [5.74, 6) is -0.0520. The van der Waals surface area contributed by atoms with E-state index in [0.29, 0.717) is 27.6 Å². The Bertz CT molecular complexity index is 1160. The number of halogens is 2. The number of thioether (sulfide) groups is 1. The van der Waals surface area contributed by atoms with Crippen molar-refractivity contribution in [3.8, 4) is 0 Å². The highest BCUT2D eigenvalue weighted by atomic mass is 79.9. The highest BCUT2D eigenvalue weighted by molar-refractivity contribution is 9.11. The number of allylic oxidation sites excluding steroid dienone is 1. The van der Waals surface area contributed by atoms with Crippen LogP contribution in [0.1, 0.15) is 16.0 Å². The zero-order valence-corrected chi connectivity index (χ0v) is 20.9. The minimum Gasteiger partial charge on any atom is -0.323 e. The normalized spacial score (nSPS) is 11.1. The van der Waals surface area contributed by atoms with Gasteiger partial charge < -0.3 is 5.32 Å². The maximum absolute atomic E-state index is 13.0. The summed E-state index contributed by atoms with van der Waals surface area (Å²) in [5, 5.41) is 4.07. The van der Waals surface area contributed by atoms with E-state index in [-0.39, 0.29) is 17.2 Å². The lowest BCUT2D eigenvalue weighted by molar-refractivity contribution is -0.113. The number of rotatable bonds is 6. The molecule has 0 bridgehead atoms. The van der Waals surface area contributed by atoms with Crippen molar-refractivity contribution in [1.29, 1.82) is 0 Å². The lowest BCUT2D eigenvalue weighted by Crippen LogP contribution is -2.23. The SMILES string of the molecule is C=CCn1c(SCC(=O)Nc2c(Br)cc(C)cc2Br)nc2sc(C)c(C)c2c1=O. The Morgan fingerprint density at radius 3 is 2.59 bits per heavy atom. The molecule has 2 heterocycles. The number of nitrogens with one attached hydrogen (secondary N) is 1. The van der Waals surface area contributed by atoms with E-state index in [1.807, 2.05) is 32.9 Å². The number of amides is 1. The van der Waals surface area contributed by atoms with Gasteiger partial charge in [-0.15, -0.1) is 17.9 Å². The predicted octanol–water partition coefficient (Wildman–Crippen LogP) is 5.83. The number of nitrogens with zero attached hydrogens (tertiary/aromatic N) is 2. The van der Waals surface area contributed by atoms with Gasteiger partial charge in [0, 0.05) is 20.4 Å². The smallest absolute Gasteiger partial charge is 0.263 e. The molecule has 0 aliphatic heterocycles. The van der Waals surface area contributed by atoms with Crippen LogP contribution in [-0.2, 0) is 11.3 Å². The molecule has 0 saturated carbocycles. The molecular weight excluding hydrogens is 538 g/mol. The molecule has 5 nitrogen and oxygen atoms in total. The third-order valence-corrected chi connectivity index (χ3v) is 7.68. The van der Waals surface area contributed by atoms with Crippen LogP contribution in [0.5, 0.6) is 0 Å². The van der Waals surface area contributed by atoms with Gasteiger partial charge in [-0.25, -0.2) is 4.98 Å². The molecule has 1 N–H and O–H groups in total. The van der Waals surface area contributed by atoms with E-state index in [2.05, 4.69) is 48.7 Å². The molecule has 0 fully saturated rings. The van der Waals surface area contributed by atoms with Crippen molar-refractivity contribution in [2.45, 2.75) is 32.5 Å². The van der Waals surface area contributed by atoms with Gasteiger partial charge in [-0.3, -0.25) is 14.2 Å². The Balaban J connectivity index is 1.86. The molecule has 152 valence electrons. The van der Waals surface area contributed by atoms with E-state index in [0.717, 1.165) is 24.9 Å². The zero-order valence-electron chi connectivity index (χ0n) is 16.1. The molecule has 2 aromatic heterocycles. The first kappa shape index (κ1) is 22.3. The summed E-state index contributed by atoms with van der Waals surface area (Å²) in [5.41, 5.74) is 2.62. The highest BCUT2D eigenvalue weighted by Crippen LogP contribution is 2.33. The van der Waals surface area contributed by atoms with Crippen LogP contribution < -0.4 is 10.9 Å². The fourth-order valence-electron chi connectivity index (χ4n) is 2.83. The largest absolute Gasteiger partial charge is 0.323 e. The molecule has 0 aliphatic rings. The van der Waals surface area contributed by atoms with E-state index < -0.39 is 0 Å². The van der Waals surface area contributed by atoms with Gasteiger partial charge in [0.1, 0.15) is 4.83 Å². The summed E-state index contributed by atoms with van der Waals surface area (Å²) in [6.07, 6.45) is 1.66. The number of anilines is 1. The van der Waals surface area contributed by atoms with Crippen LogP contribution in [-0.4, -0.2) is 21.2 Å². The number of carbonyl (C=O) groups is 1. The summed E-state index contributed by atoms with van der Waals surface area (Å²) in [4.78, 5) is 32.0. The molecule has 0 unspecified atom stereocenters. The monoisotopic (exact) mass is 555 g/mol. The van der Waals surface area contributed by atoms with Crippen LogP contribution in [0.25, 0.3) is 10.2 Å². The van der Waals surface area contributed by atoms with Crippen molar-refractivity contribution in [3.63, 3.8) is 0 Å². The summed E-state index contributed by atoms with van der Waals surface area (Å²) in [6, 6.07) is 3.87. The zero-order chi connectivity index (χ0) is 21.3. The molecule has 9 heteroatoms. The predicted molar refractivity (Wildman–Crippen MR) is 129 cm³/mol. The Morgan fingerprint density at radius 2 is 1.97 bits per heavy atom.